The summed E-state index contributed by atoms with van der Waals surface area (Å²) in [6.07, 6.45) is 0. The molecule has 0 aliphatic heterocycles. The second-order valence-corrected chi connectivity index (χ2v) is 13.4. The summed E-state index contributed by atoms with van der Waals surface area (Å²) in [4.78, 5) is 3.88. The maximum atomic E-state index is 3.88. The number of aromatic amines is 1. The molecular formula is C48H30N2. The molecule has 0 amide bonds. The monoisotopic (exact) mass is 634 g/mol. The molecule has 0 fully saturated rings. The van der Waals surface area contributed by atoms with Crippen LogP contribution in [0.1, 0.15) is 0 Å². The first-order chi connectivity index (χ1) is 24.8. The highest BCUT2D eigenvalue weighted by molar-refractivity contribution is 6.39. The number of hydrogen-bond acceptors (Lipinski definition) is 0. The molecule has 0 unspecified atom stereocenters. The zero-order valence-electron chi connectivity index (χ0n) is 27.2. The molecule has 0 spiro atoms. The molecule has 9 aromatic carbocycles. The molecule has 50 heavy (non-hydrogen) atoms. The highest BCUT2D eigenvalue weighted by Gasteiger charge is 2.24. The van der Waals surface area contributed by atoms with Crippen molar-refractivity contribution in [2.45, 2.75) is 0 Å². The highest BCUT2D eigenvalue weighted by Crippen LogP contribution is 2.48. The Kier molecular flexibility index (Phi) is 5.70. The van der Waals surface area contributed by atoms with E-state index >= 15 is 0 Å². The maximum Gasteiger partial charge on any atom is 0.0627 e. The molecule has 0 atom stereocenters. The van der Waals surface area contributed by atoms with Gasteiger partial charge in [-0.25, -0.2) is 0 Å². The van der Waals surface area contributed by atoms with Crippen LogP contribution in [0.2, 0.25) is 0 Å². The summed E-state index contributed by atoms with van der Waals surface area (Å²) in [7, 11) is 0. The maximum absolute atomic E-state index is 3.88. The van der Waals surface area contributed by atoms with Crippen LogP contribution in [0, 0.1) is 0 Å². The Labute approximate surface area is 288 Å². The summed E-state index contributed by atoms with van der Waals surface area (Å²) in [5.74, 6) is 0. The molecule has 1 N–H and O–H groups in total. The minimum Gasteiger partial charge on any atom is -0.354 e. The SMILES string of the molecule is c1ccc(-c2ccc3c(c2)c2c(c4cc(-c5ccc6ccccc6c5)c5ccccc5c4n2-c2ccccc2)c2c4ccccc4[nH]c32)cc1. The molecule has 0 aliphatic carbocycles. The van der Waals surface area contributed by atoms with Crippen molar-refractivity contribution in [3.8, 4) is 27.9 Å². The van der Waals surface area contributed by atoms with Crippen LogP contribution >= 0.6 is 0 Å². The van der Waals surface area contributed by atoms with Gasteiger partial charge in [-0.15, -0.1) is 0 Å². The van der Waals surface area contributed by atoms with Gasteiger partial charge in [-0.2, -0.15) is 0 Å². The number of aromatic nitrogens is 2. The second-order valence-electron chi connectivity index (χ2n) is 13.4. The first kappa shape index (κ1) is 27.3. The van der Waals surface area contributed by atoms with Crippen LogP contribution in [0.5, 0.6) is 0 Å². The average Bonchev–Trinajstić information content (AvgIpc) is 3.75. The molecule has 0 radical (unpaired) electrons. The lowest BCUT2D eigenvalue weighted by atomic mass is 9.92. The van der Waals surface area contributed by atoms with Gasteiger partial charge in [-0.1, -0.05) is 140 Å². The Morgan fingerprint density at radius 2 is 1.04 bits per heavy atom. The molecule has 2 heterocycles. The Morgan fingerprint density at radius 1 is 0.360 bits per heavy atom. The third-order valence-corrected chi connectivity index (χ3v) is 10.7. The molecular weight excluding hydrogens is 605 g/mol. The normalized spacial score (nSPS) is 12.0. The van der Waals surface area contributed by atoms with E-state index in [-0.39, 0.29) is 0 Å². The topological polar surface area (TPSA) is 20.7 Å². The van der Waals surface area contributed by atoms with Crippen molar-refractivity contribution in [3.05, 3.63) is 176 Å². The summed E-state index contributed by atoms with van der Waals surface area (Å²) >= 11 is 0. The average molecular weight is 635 g/mol. The van der Waals surface area contributed by atoms with Crippen molar-refractivity contribution in [1.29, 1.82) is 0 Å². The standard InChI is InChI=1S/C48H30N2/c1-3-13-30(14-4-1)33-25-26-37-41(28-33)48-45(44-39-21-11-12-22-43(39)49-46(37)44)42-29-40(34-24-23-31-15-7-8-16-32(31)27-34)36-19-9-10-20-38(36)47(42)50(48)35-17-5-2-6-18-35/h1-29,49H. The molecule has 11 aromatic rings. The Balaban J connectivity index is 1.42. The van der Waals surface area contributed by atoms with Crippen LogP contribution in [0.25, 0.3) is 104 Å². The number of para-hydroxylation sites is 2. The van der Waals surface area contributed by atoms with Crippen LogP contribution in [0.3, 0.4) is 0 Å². The van der Waals surface area contributed by atoms with Gasteiger partial charge in [0.25, 0.3) is 0 Å². The summed E-state index contributed by atoms with van der Waals surface area (Å²) in [5.41, 5.74) is 10.9. The molecule has 232 valence electrons. The predicted molar refractivity (Wildman–Crippen MR) is 214 cm³/mol. The number of nitrogens with zero attached hydrogens (tertiary/aromatic N) is 1. The van der Waals surface area contributed by atoms with Crippen LogP contribution in [0.15, 0.2) is 176 Å². The molecule has 2 aromatic heterocycles. The third kappa shape index (κ3) is 3.85. The van der Waals surface area contributed by atoms with Gasteiger partial charge in [0.15, 0.2) is 0 Å². The second kappa shape index (κ2) is 10.4. The molecule has 0 bridgehead atoms. The van der Waals surface area contributed by atoms with E-state index < -0.39 is 0 Å². The van der Waals surface area contributed by atoms with E-state index in [0.717, 1.165) is 11.2 Å². The minimum atomic E-state index is 1.15. The zero-order valence-corrected chi connectivity index (χ0v) is 27.2. The van der Waals surface area contributed by atoms with Gasteiger partial charge in [-0.3, -0.25) is 0 Å². The number of benzene rings is 9. The van der Waals surface area contributed by atoms with Gasteiger partial charge in [0.2, 0.25) is 0 Å². The summed E-state index contributed by atoms with van der Waals surface area (Å²) in [6, 6.07) is 64.4. The Morgan fingerprint density at radius 3 is 1.88 bits per heavy atom. The number of fused-ring (bicyclic) bond motifs is 13. The predicted octanol–water partition coefficient (Wildman–Crippen LogP) is 13.2. The van der Waals surface area contributed by atoms with Gasteiger partial charge in [0.05, 0.1) is 16.6 Å². The van der Waals surface area contributed by atoms with E-state index in [2.05, 4.69) is 185 Å². The lowest BCUT2D eigenvalue weighted by Gasteiger charge is -2.14. The zero-order chi connectivity index (χ0) is 32.8. The highest BCUT2D eigenvalue weighted by atomic mass is 15.0. The fourth-order valence-corrected chi connectivity index (χ4v) is 8.45. The van der Waals surface area contributed by atoms with Crippen LogP contribution < -0.4 is 0 Å². The largest absolute Gasteiger partial charge is 0.354 e. The first-order valence-corrected chi connectivity index (χ1v) is 17.3. The van der Waals surface area contributed by atoms with E-state index in [4.69, 9.17) is 0 Å². The van der Waals surface area contributed by atoms with Crippen molar-refractivity contribution in [2.24, 2.45) is 0 Å². The molecule has 11 rings (SSSR count). The van der Waals surface area contributed by atoms with Crippen molar-refractivity contribution >= 4 is 75.9 Å². The minimum absolute atomic E-state index is 1.15. The summed E-state index contributed by atoms with van der Waals surface area (Å²) in [5, 5.41) is 12.5. The number of nitrogens with one attached hydrogen (secondary N) is 1. The van der Waals surface area contributed by atoms with Crippen LogP contribution in [-0.4, -0.2) is 9.55 Å². The number of H-pyrrole nitrogens is 1. The van der Waals surface area contributed by atoms with Crippen molar-refractivity contribution < 1.29 is 0 Å². The smallest absolute Gasteiger partial charge is 0.0627 e. The third-order valence-electron chi connectivity index (χ3n) is 10.7. The molecule has 2 nitrogen and oxygen atoms in total. The van der Waals surface area contributed by atoms with Crippen molar-refractivity contribution in [3.63, 3.8) is 0 Å². The quantitative estimate of drug-likeness (QED) is 0.200. The van der Waals surface area contributed by atoms with E-state index in [1.54, 1.807) is 0 Å². The van der Waals surface area contributed by atoms with E-state index in [1.807, 2.05) is 0 Å². The van der Waals surface area contributed by atoms with Gasteiger partial charge in [0.1, 0.15) is 0 Å². The fourth-order valence-electron chi connectivity index (χ4n) is 8.45. The summed E-state index contributed by atoms with van der Waals surface area (Å²) < 4.78 is 2.54. The van der Waals surface area contributed by atoms with Gasteiger partial charge in [-0.05, 0) is 74.8 Å². The fraction of sp³-hybridized carbons (Fsp3) is 0. The molecule has 0 saturated heterocycles. The van der Waals surface area contributed by atoms with Gasteiger partial charge in [0, 0.05) is 48.9 Å². The van der Waals surface area contributed by atoms with E-state index in [0.29, 0.717) is 0 Å². The number of hydrogen-bond donors (Lipinski definition) is 1. The van der Waals surface area contributed by atoms with E-state index in [9.17, 15) is 0 Å². The van der Waals surface area contributed by atoms with Crippen molar-refractivity contribution in [1.82, 2.24) is 9.55 Å². The van der Waals surface area contributed by atoms with Crippen molar-refractivity contribution in [2.75, 3.05) is 0 Å². The van der Waals surface area contributed by atoms with E-state index in [1.165, 1.54) is 92.7 Å². The van der Waals surface area contributed by atoms with Gasteiger partial charge >= 0.3 is 0 Å². The Hall–Kier alpha value is -6.64. The van der Waals surface area contributed by atoms with Gasteiger partial charge < -0.3 is 9.55 Å². The molecule has 2 heteroatoms. The Bertz CT molecular complexity index is 3130. The lowest BCUT2D eigenvalue weighted by molar-refractivity contribution is 1.19. The van der Waals surface area contributed by atoms with Crippen LogP contribution in [0.4, 0.5) is 0 Å². The summed E-state index contributed by atoms with van der Waals surface area (Å²) in [6.45, 7) is 0. The van der Waals surface area contributed by atoms with Crippen LogP contribution in [-0.2, 0) is 0 Å². The molecule has 0 aliphatic rings. The number of rotatable bonds is 3. The molecule has 0 saturated carbocycles. The lowest BCUT2D eigenvalue weighted by Crippen LogP contribution is -1.96. The first-order valence-electron chi connectivity index (χ1n) is 17.3.